The zero-order valence-corrected chi connectivity index (χ0v) is 17.4. The Kier molecular flexibility index (Phi) is 7.09. The maximum absolute atomic E-state index is 13.2. The summed E-state index contributed by atoms with van der Waals surface area (Å²) in [6, 6.07) is 10.4. The Morgan fingerprint density at radius 1 is 1.13 bits per heavy atom. The highest BCUT2D eigenvalue weighted by Crippen LogP contribution is 2.32. The molecule has 5 nitrogen and oxygen atoms in total. The smallest absolute Gasteiger partial charge is 0.416 e. The minimum absolute atomic E-state index is 0.00192. The van der Waals surface area contributed by atoms with E-state index >= 15 is 0 Å². The maximum atomic E-state index is 13.2. The van der Waals surface area contributed by atoms with Gasteiger partial charge in [0.25, 0.3) is 0 Å². The van der Waals surface area contributed by atoms with Gasteiger partial charge in [-0.2, -0.15) is 13.2 Å². The standard InChI is InChI=1S/C23H24F3N3O2/c1-3-4-8-18-15-29(28-27-18)21-11-10-16(13-22(21)31-2)12-19(30)14-17-7-5-6-9-20(17)23(24,25)26/h5-7,9-11,13,15H,3-4,8,12,14H2,1-2H3. The lowest BCUT2D eigenvalue weighted by Gasteiger charge is -2.13. The van der Waals surface area contributed by atoms with Crippen LogP contribution in [0, 0.1) is 0 Å². The summed E-state index contributed by atoms with van der Waals surface area (Å²) in [5.74, 6) is 0.196. The van der Waals surface area contributed by atoms with E-state index < -0.39 is 11.7 Å². The molecule has 0 N–H and O–H groups in total. The number of hydrogen-bond donors (Lipinski definition) is 0. The third-order valence-electron chi connectivity index (χ3n) is 4.93. The van der Waals surface area contributed by atoms with E-state index in [1.165, 1.54) is 25.3 Å². The molecule has 0 bridgehead atoms. The Morgan fingerprint density at radius 3 is 2.61 bits per heavy atom. The highest BCUT2D eigenvalue weighted by Gasteiger charge is 2.33. The van der Waals surface area contributed by atoms with Crippen LogP contribution in [-0.2, 0) is 30.2 Å². The van der Waals surface area contributed by atoms with Crippen LogP contribution in [-0.4, -0.2) is 27.9 Å². The van der Waals surface area contributed by atoms with Gasteiger partial charge in [0, 0.05) is 12.8 Å². The van der Waals surface area contributed by atoms with Gasteiger partial charge in [0.05, 0.1) is 24.6 Å². The molecule has 0 aliphatic carbocycles. The molecule has 0 fully saturated rings. The molecule has 0 saturated heterocycles. The fourth-order valence-corrected chi connectivity index (χ4v) is 3.36. The van der Waals surface area contributed by atoms with Crippen LogP contribution in [0.1, 0.15) is 42.1 Å². The summed E-state index contributed by atoms with van der Waals surface area (Å²) in [6.45, 7) is 2.11. The van der Waals surface area contributed by atoms with Crippen LogP contribution in [0.2, 0.25) is 0 Å². The zero-order valence-electron chi connectivity index (χ0n) is 17.4. The van der Waals surface area contributed by atoms with Gasteiger partial charge < -0.3 is 4.74 Å². The van der Waals surface area contributed by atoms with Crippen LogP contribution in [0.25, 0.3) is 5.69 Å². The number of benzene rings is 2. The molecule has 0 amide bonds. The van der Waals surface area contributed by atoms with Crippen molar-refractivity contribution < 1.29 is 22.7 Å². The van der Waals surface area contributed by atoms with Crippen molar-refractivity contribution in [2.45, 2.75) is 45.2 Å². The summed E-state index contributed by atoms with van der Waals surface area (Å²) in [5.41, 5.74) is 1.41. The molecule has 0 radical (unpaired) electrons. The molecule has 0 spiro atoms. The second kappa shape index (κ2) is 9.76. The summed E-state index contributed by atoms with van der Waals surface area (Å²) >= 11 is 0. The first-order chi connectivity index (χ1) is 14.8. The first-order valence-electron chi connectivity index (χ1n) is 10.1. The van der Waals surface area contributed by atoms with E-state index in [1.54, 1.807) is 22.9 Å². The number of Topliss-reactive ketones (excluding diaryl/α,β-unsaturated/α-hetero) is 1. The van der Waals surface area contributed by atoms with E-state index in [9.17, 15) is 18.0 Å². The monoisotopic (exact) mass is 431 g/mol. The zero-order chi connectivity index (χ0) is 22.4. The third-order valence-corrected chi connectivity index (χ3v) is 4.93. The molecule has 0 unspecified atom stereocenters. The fourth-order valence-electron chi connectivity index (χ4n) is 3.36. The first kappa shape index (κ1) is 22.5. The number of aryl methyl sites for hydroxylation is 1. The summed E-state index contributed by atoms with van der Waals surface area (Å²) in [6.07, 6.45) is -0.0149. The van der Waals surface area contributed by atoms with Crippen LogP contribution in [0.3, 0.4) is 0 Å². The van der Waals surface area contributed by atoms with Gasteiger partial charge in [-0.25, -0.2) is 4.68 Å². The molecule has 0 atom stereocenters. The van der Waals surface area contributed by atoms with Crippen molar-refractivity contribution >= 4 is 5.78 Å². The number of carbonyl (C=O) groups excluding carboxylic acids is 1. The molecular formula is C23H24F3N3O2. The number of ketones is 1. The van der Waals surface area contributed by atoms with Crippen molar-refractivity contribution in [2.24, 2.45) is 0 Å². The van der Waals surface area contributed by atoms with Gasteiger partial charge in [0.2, 0.25) is 0 Å². The van der Waals surface area contributed by atoms with Gasteiger partial charge in [-0.1, -0.05) is 42.8 Å². The first-order valence-corrected chi connectivity index (χ1v) is 10.1. The molecule has 8 heteroatoms. The van der Waals surface area contributed by atoms with Gasteiger partial charge in [-0.15, -0.1) is 5.10 Å². The maximum Gasteiger partial charge on any atom is 0.416 e. The molecule has 164 valence electrons. The highest BCUT2D eigenvalue weighted by molar-refractivity contribution is 5.83. The van der Waals surface area contributed by atoms with Crippen LogP contribution in [0.4, 0.5) is 13.2 Å². The van der Waals surface area contributed by atoms with Crippen LogP contribution >= 0.6 is 0 Å². The van der Waals surface area contributed by atoms with E-state index in [0.29, 0.717) is 17.0 Å². The van der Waals surface area contributed by atoms with Gasteiger partial charge in [0.15, 0.2) is 0 Å². The quantitative estimate of drug-likeness (QED) is 0.479. The van der Waals surface area contributed by atoms with E-state index in [4.69, 9.17) is 4.74 Å². The largest absolute Gasteiger partial charge is 0.494 e. The Labute approximate surface area is 178 Å². The van der Waals surface area contributed by atoms with Crippen LogP contribution < -0.4 is 4.74 Å². The number of carbonyl (C=O) groups is 1. The van der Waals surface area contributed by atoms with Crippen molar-refractivity contribution in [1.29, 1.82) is 0 Å². The predicted molar refractivity (Wildman–Crippen MR) is 110 cm³/mol. The van der Waals surface area contributed by atoms with Gasteiger partial charge in [-0.3, -0.25) is 4.79 Å². The Hall–Kier alpha value is -3.16. The van der Waals surface area contributed by atoms with Gasteiger partial charge >= 0.3 is 6.18 Å². The molecule has 3 rings (SSSR count). The van der Waals surface area contributed by atoms with Crippen LogP contribution in [0.15, 0.2) is 48.7 Å². The minimum Gasteiger partial charge on any atom is -0.494 e. The van der Waals surface area contributed by atoms with Gasteiger partial charge in [0.1, 0.15) is 17.2 Å². The van der Waals surface area contributed by atoms with Crippen molar-refractivity contribution in [1.82, 2.24) is 15.0 Å². The lowest BCUT2D eigenvalue weighted by molar-refractivity contribution is -0.138. The normalized spacial score (nSPS) is 11.5. The van der Waals surface area contributed by atoms with E-state index in [-0.39, 0.29) is 24.2 Å². The lowest BCUT2D eigenvalue weighted by Crippen LogP contribution is -2.13. The molecule has 0 saturated carbocycles. The number of unbranched alkanes of at least 4 members (excludes halogenated alkanes) is 1. The fraction of sp³-hybridized carbons (Fsp3) is 0.348. The van der Waals surface area contributed by atoms with Gasteiger partial charge in [-0.05, 0) is 42.2 Å². The molecule has 0 aliphatic heterocycles. The van der Waals surface area contributed by atoms with Crippen molar-refractivity contribution in [3.63, 3.8) is 0 Å². The van der Waals surface area contributed by atoms with E-state index in [1.807, 2.05) is 6.20 Å². The Morgan fingerprint density at radius 2 is 1.90 bits per heavy atom. The average molecular weight is 431 g/mol. The molecule has 2 aromatic carbocycles. The summed E-state index contributed by atoms with van der Waals surface area (Å²) in [4.78, 5) is 12.5. The predicted octanol–water partition coefficient (Wildman–Crippen LogP) is 4.99. The summed E-state index contributed by atoms with van der Waals surface area (Å²) < 4.78 is 46.5. The Bertz CT molecular complexity index is 1040. The molecule has 0 aliphatic rings. The average Bonchev–Trinajstić information content (AvgIpc) is 3.20. The number of alkyl halides is 3. The molecule has 1 heterocycles. The second-order valence-corrected chi connectivity index (χ2v) is 7.31. The minimum atomic E-state index is -4.49. The third kappa shape index (κ3) is 5.71. The number of methoxy groups -OCH3 is 1. The number of aromatic nitrogens is 3. The molecule has 1 aromatic heterocycles. The van der Waals surface area contributed by atoms with Crippen molar-refractivity contribution in [2.75, 3.05) is 7.11 Å². The highest BCUT2D eigenvalue weighted by atomic mass is 19.4. The summed E-state index contributed by atoms with van der Waals surface area (Å²) in [7, 11) is 1.51. The van der Waals surface area contributed by atoms with Crippen molar-refractivity contribution in [3.8, 4) is 11.4 Å². The van der Waals surface area contributed by atoms with Crippen LogP contribution in [0.5, 0.6) is 5.75 Å². The number of nitrogens with zero attached hydrogens (tertiary/aromatic N) is 3. The number of ether oxygens (including phenoxy) is 1. The number of rotatable bonds is 9. The van der Waals surface area contributed by atoms with E-state index in [0.717, 1.165) is 31.0 Å². The Balaban J connectivity index is 1.75. The number of hydrogen-bond acceptors (Lipinski definition) is 4. The number of halogens is 3. The SMILES string of the molecule is CCCCc1cn(-c2ccc(CC(=O)Cc3ccccc3C(F)(F)F)cc2OC)nn1. The van der Waals surface area contributed by atoms with Crippen molar-refractivity contribution in [3.05, 3.63) is 71.0 Å². The molecule has 3 aromatic rings. The lowest BCUT2D eigenvalue weighted by atomic mass is 9.98. The van der Waals surface area contributed by atoms with E-state index in [2.05, 4.69) is 17.2 Å². The molecular weight excluding hydrogens is 407 g/mol. The second-order valence-electron chi connectivity index (χ2n) is 7.31. The molecule has 31 heavy (non-hydrogen) atoms. The topological polar surface area (TPSA) is 57.0 Å². The summed E-state index contributed by atoms with van der Waals surface area (Å²) in [5, 5.41) is 8.30.